The molecule has 0 radical (unpaired) electrons. The Morgan fingerprint density at radius 2 is 1.80 bits per heavy atom. The Kier molecular flexibility index (Phi) is 6.80. The van der Waals surface area contributed by atoms with Crippen LogP contribution in [0.5, 0.6) is 0 Å². The summed E-state index contributed by atoms with van der Waals surface area (Å²) in [4.78, 5) is 23.6. The predicted octanol–water partition coefficient (Wildman–Crippen LogP) is 1.95. The van der Waals surface area contributed by atoms with E-state index in [2.05, 4.69) is 5.32 Å². The van der Waals surface area contributed by atoms with Crippen molar-refractivity contribution in [1.82, 2.24) is 4.31 Å². The van der Waals surface area contributed by atoms with Crippen LogP contribution in [-0.2, 0) is 24.3 Å². The van der Waals surface area contributed by atoms with Gasteiger partial charge in [0.2, 0.25) is 10.0 Å². The van der Waals surface area contributed by atoms with Crippen molar-refractivity contribution in [3.05, 3.63) is 59.4 Å². The normalized spacial score (nSPS) is 14.9. The summed E-state index contributed by atoms with van der Waals surface area (Å²) in [5.74, 6) is -2.47. The highest BCUT2D eigenvalue weighted by atomic mass is 32.2. The first-order valence-electron chi connectivity index (χ1n) is 9.18. The van der Waals surface area contributed by atoms with Gasteiger partial charge < -0.3 is 14.8 Å². The molecule has 2 aromatic carbocycles. The molecule has 0 bridgehead atoms. The average molecular weight is 436 g/mol. The van der Waals surface area contributed by atoms with Crippen molar-refractivity contribution in [2.45, 2.75) is 11.8 Å². The van der Waals surface area contributed by atoms with Crippen LogP contribution in [0.3, 0.4) is 0 Å². The molecule has 1 N–H and O–H groups in total. The van der Waals surface area contributed by atoms with Crippen LogP contribution in [0.15, 0.2) is 47.4 Å². The molecule has 1 aliphatic heterocycles. The summed E-state index contributed by atoms with van der Waals surface area (Å²) in [7, 11) is -4.13. The van der Waals surface area contributed by atoms with Gasteiger partial charge >= 0.3 is 5.97 Å². The molecule has 1 saturated heterocycles. The molecule has 3 rings (SSSR count). The van der Waals surface area contributed by atoms with E-state index < -0.39 is 39.2 Å². The molecule has 1 amide bonds. The van der Waals surface area contributed by atoms with Gasteiger partial charge in [-0.2, -0.15) is 4.31 Å². The molecule has 0 spiro atoms. The van der Waals surface area contributed by atoms with Gasteiger partial charge in [-0.3, -0.25) is 4.79 Å². The van der Waals surface area contributed by atoms with E-state index in [1.165, 1.54) is 0 Å². The number of carbonyl (C=O) groups is 2. The van der Waals surface area contributed by atoms with Gasteiger partial charge in [0.25, 0.3) is 5.91 Å². The van der Waals surface area contributed by atoms with E-state index in [9.17, 15) is 22.4 Å². The van der Waals surface area contributed by atoms with Crippen molar-refractivity contribution < 1.29 is 31.9 Å². The van der Waals surface area contributed by atoms with Gasteiger partial charge in [0, 0.05) is 18.8 Å². The molecule has 160 valence electrons. The van der Waals surface area contributed by atoms with Crippen LogP contribution in [0, 0.1) is 12.7 Å². The molecule has 10 heteroatoms. The lowest BCUT2D eigenvalue weighted by atomic mass is 10.2. The predicted molar refractivity (Wildman–Crippen MR) is 106 cm³/mol. The number of halogens is 1. The molecule has 30 heavy (non-hydrogen) atoms. The third-order valence-electron chi connectivity index (χ3n) is 4.42. The highest BCUT2D eigenvalue weighted by Gasteiger charge is 2.30. The second kappa shape index (κ2) is 9.33. The molecule has 1 heterocycles. The van der Waals surface area contributed by atoms with E-state index in [1.807, 2.05) is 19.1 Å². The van der Waals surface area contributed by atoms with Crippen molar-refractivity contribution >= 4 is 27.6 Å². The summed E-state index contributed by atoms with van der Waals surface area (Å²) in [5.41, 5.74) is 1.40. The first-order chi connectivity index (χ1) is 14.3. The smallest absolute Gasteiger partial charge is 0.338 e. The van der Waals surface area contributed by atoms with Crippen molar-refractivity contribution in [3.63, 3.8) is 0 Å². The van der Waals surface area contributed by atoms with Gasteiger partial charge in [0.1, 0.15) is 10.7 Å². The van der Waals surface area contributed by atoms with E-state index >= 15 is 0 Å². The standard InChI is InChI=1S/C20H21FN2O6S/c1-14-2-5-16(6-3-14)22-19(24)13-29-20(25)15-4-7-17(21)18(12-15)30(26,27)23-8-10-28-11-9-23/h2-7,12H,8-11,13H2,1H3,(H,22,24). The number of carbonyl (C=O) groups excluding carboxylic acids is 2. The van der Waals surface area contributed by atoms with Gasteiger partial charge in [-0.15, -0.1) is 0 Å². The van der Waals surface area contributed by atoms with Crippen LogP contribution in [0.2, 0.25) is 0 Å². The van der Waals surface area contributed by atoms with Crippen molar-refractivity contribution in [3.8, 4) is 0 Å². The van der Waals surface area contributed by atoms with Crippen LogP contribution in [0.4, 0.5) is 10.1 Å². The second-order valence-corrected chi connectivity index (χ2v) is 8.56. The number of morpholine rings is 1. The molecule has 0 unspecified atom stereocenters. The van der Waals surface area contributed by atoms with E-state index in [1.54, 1.807) is 12.1 Å². The third kappa shape index (κ3) is 5.21. The van der Waals surface area contributed by atoms with Gasteiger partial charge in [-0.25, -0.2) is 17.6 Å². The Morgan fingerprint density at radius 3 is 2.47 bits per heavy atom. The third-order valence-corrected chi connectivity index (χ3v) is 6.34. The molecule has 0 saturated carbocycles. The first kappa shape index (κ1) is 21.9. The average Bonchev–Trinajstić information content (AvgIpc) is 2.74. The fourth-order valence-corrected chi connectivity index (χ4v) is 4.30. The number of rotatable bonds is 6. The molecule has 1 fully saturated rings. The van der Waals surface area contributed by atoms with Crippen LogP contribution >= 0.6 is 0 Å². The molecular formula is C20H21FN2O6S. The molecular weight excluding hydrogens is 415 g/mol. The summed E-state index contributed by atoms with van der Waals surface area (Å²) in [6, 6.07) is 9.95. The zero-order chi connectivity index (χ0) is 21.7. The fraction of sp³-hybridized carbons (Fsp3) is 0.300. The molecule has 1 aliphatic rings. The minimum atomic E-state index is -4.13. The molecule has 0 atom stereocenters. The highest BCUT2D eigenvalue weighted by Crippen LogP contribution is 2.22. The summed E-state index contributed by atoms with van der Waals surface area (Å²) in [5, 5.41) is 2.57. The fourth-order valence-electron chi connectivity index (χ4n) is 2.80. The van der Waals surface area contributed by atoms with Crippen molar-refractivity contribution in [1.29, 1.82) is 0 Å². The number of ether oxygens (including phenoxy) is 2. The summed E-state index contributed by atoms with van der Waals surface area (Å²) < 4.78 is 50.7. The number of nitrogens with one attached hydrogen (secondary N) is 1. The zero-order valence-corrected chi connectivity index (χ0v) is 17.1. The topological polar surface area (TPSA) is 102 Å². The minimum Gasteiger partial charge on any atom is -0.452 e. The number of benzene rings is 2. The second-order valence-electron chi connectivity index (χ2n) is 6.65. The molecule has 0 aliphatic carbocycles. The minimum absolute atomic E-state index is 0.0929. The maximum absolute atomic E-state index is 14.2. The van der Waals surface area contributed by atoms with Crippen LogP contribution in [0.1, 0.15) is 15.9 Å². The lowest BCUT2D eigenvalue weighted by molar-refractivity contribution is -0.119. The van der Waals surface area contributed by atoms with Crippen molar-refractivity contribution in [2.75, 3.05) is 38.2 Å². The first-order valence-corrected chi connectivity index (χ1v) is 10.6. The van der Waals surface area contributed by atoms with E-state index in [0.717, 1.165) is 28.1 Å². The lowest BCUT2D eigenvalue weighted by Gasteiger charge is -2.26. The van der Waals surface area contributed by atoms with Gasteiger partial charge in [-0.1, -0.05) is 17.7 Å². The van der Waals surface area contributed by atoms with E-state index in [4.69, 9.17) is 9.47 Å². The maximum atomic E-state index is 14.2. The summed E-state index contributed by atoms with van der Waals surface area (Å²) in [6.45, 7) is 1.93. The van der Waals surface area contributed by atoms with Crippen LogP contribution in [-0.4, -0.2) is 57.5 Å². The van der Waals surface area contributed by atoms with Crippen LogP contribution < -0.4 is 5.32 Å². The largest absolute Gasteiger partial charge is 0.452 e. The Morgan fingerprint density at radius 1 is 1.13 bits per heavy atom. The number of amides is 1. The summed E-state index contributed by atoms with van der Waals surface area (Å²) >= 11 is 0. The monoisotopic (exact) mass is 436 g/mol. The molecule has 2 aromatic rings. The van der Waals surface area contributed by atoms with E-state index in [-0.39, 0.29) is 31.9 Å². The van der Waals surface area contributed by atoms with Gasteiger partial charge in [0.15, 0.2) is 6.61 Å². The van der Waals surface area contributed by atoms with Crippen LogP contribution in [0.25, 0.3) is 0 Å². The number of hydrogen-bond acceptors (Lipinski definition) is 6. The Hall–Kier alpha value is -2.82. The Bertz CT molecular complexity index is 1030. The lowest BCUT2D eigenvalue weighted by Crippen LogP contribution is -2.41. The highest BCUT2D eigenvalue weighted by molar-refractivity contribution is 7.89. The van der Waals surface area contributed by atoms with Crippen molar-refractivity contribution in [2.24, 2.45) is 0 Å². The number of hydrogen-bond donors (Lipinski definition) is 1. The SMILES string of the molecule is Cc1ccc(NC(=O)COC(=O)c2ccc(F)c(S(=O)(=O)N3CCOCC3)c2)cc1. The zero-order valence-electron chi connectivity index (χ0n) is 16.3. The number of nitrogens with zero attached hydrogens (tertiary/aromatic N) is 1. The van der Waals surface area contributed by atoms with Gasteiger partial charge in [-0.05, 0) is 37.3 Å². The number of esters is 1. The maximum Gasteiger partial charge on any atom is 0.338 e. The number of aryl methyl sites for hydroxylation is 1. The molecule has 0 aromatic heterocycles. The Balaban J connectivity index is 1.67. The number of anilines is 1. The quantitative estimate of drug-likeness (QED) is 0.695. The number of sulfonamides is 1. The summed E-state index contributed by atoms with van der Waals surface area (Å²) in [6.07, 6.45) is 0. The van der Waals surface area contributed by atoms with Gasteiger partial charge in [0.05, 0.1) is 18.8 Å². The Labute approximate surface area is 173 Å². The molecule has 8 nitrogen and oxygen atoms in total. The van der Waals surface area contributed by atoms with E-state index in [0.29, 0.717) is 5.69 Å².